The maximum Gasteiger partial charge on any atom is 0.0900 e. The first-order chi connectivity index (χ1) is 7.27. The fourth-order valence-corrected chi connectivity index (χ4v) is 1.79. The molecule has 78 valence electrons. The summed E-state index contributed by atoms with van der Waals surface area (Å²) in [7, 11) is 0. The van der Waals surface area contributed by atoms with Crippen molar-refractivity contribution < 1.29 is 0 Å². The van der Waals surface area contributed by atoms with Crippen LogP contribution >= 0.6 is 11.3 Å². The molecule has 2 aromatic rings. The van der Waals surface area contributed by atoms with Crippen LogP contribution in [-0.2, 0) is 0 Å². The van der Waals surface area contributed by atoms with Gasteiger partial charge >= 0.3 is 0 Å². The molecule has 0 aliphatic heterocycles. The Hall–Kier alpha value is -1.48. The van der Waals surface area contributed by atoms with Crippen LogP contribution < -0.4 is 0 Å². The summed E-state index contributed by atoms with van der Waals surface area (Å²) in [6, 6.07) is 3.99. The summed E-state index contributed by atoms with van der Waals surface area (Å²) < 4.78 is 0. The third kappa shape index (κ3) is 3.64. The highest BCUT2D eigenvalue weighted by atomic mass is 32.1. The lowest BCUT2D eigenvalue weighted by molar-refractivity contribution is 1.29. The first-order valence-corrected chi connectivity index (χ1v) is 5.49. The third-order valence-electron chi connectivity index (χ3n) is 1.59. The van der Waals surface area contributed by atoms with Crippen molar-refractivity contribution in [2.75, 3.05) is 0 Å². The molecule has 0 atom stereocenters. The largest absolute Gasteiger partial charge is 0.265 e. The molecule has 2 aromatic heterocycles. The van der Waals surface area contributed by atoms with E-state index in [0.717, 1.165) is 5.01 Å². The lowest BCUT2D eigenvalue weighted by atomic mass is 10.2. The molecule has 0 radical (unpaired) electrons. The van der Waals surface area contributed by atoms with Crippen LogP contribution in [0.2, 0.25) is 0 Å². The number of nitrogens with zero attached hydrogens (tertiary/aromatic N) is 2. The van der Waals surface area contributed by atoms with E-state index in [2.05, 4.69) is 16.5 Å². The van der Waals surface area contributed by atoms with Gasteiger partial charge in [0.25, 0.3) is 0 Å². The fourth-order valence-electron chi connectivity index (χ4n) is 1.01. The maximum absolute atomic E-state index is 4.19. The zero-order valence-corrected chi connectivity index (χ0v) is 9.79. The zero-order chi connectivity index (χ0) is 11.1. The van der Waals surface area contributed by atoms with Crippen molar-refractivity contribution >= 4 is 11.3 Å². The van der Waals surface area contributed by atoms with Gasteiger partial charge in [-0.1, -0.05) is 6.08 Å². The molecule has 0 unspecified atom stereocenters. The average molecular weight is 218 g/mol. The molecule has 2 rings (SSSR count). The molecule has 0 saturated heterocycles. The van der Waals surface area contributed by atoms with E-state index in [1.165, 1.54) is 10.4 Å². The first kappa shape index (κ1) is 11.6. The highest BCUT2D eigenvalue weighted by molar-refractivity contribution is 7.15. The van der Waals surface area contributed by atoms with Gasteiger partial charge in [-0.25, -0.2) is 4.98 Å². The molecule has 0 bridgehead atoms. The molecule has 3 heteroatoms. The molecule has 0 N–H and O–H groups in total. The van der Waals surface area contributed by atoms with Crippen molar-refractivity contribution in [3.8, 4) is 10.4 Å². The van der Waals surface area contributed by atoms with Crippen LogP contribution in [0.1, 0.15) is 11.9 Å². The molecule has 0 spiro atoms. The Morgan fingerprint density at radius 2 is 1.93 bits per heavy atom. The topological polar surface area (TPSA) is 25.8 Å². The summed E-state index contributed by atoms with van der Waals surface area (Å²) in [5, 5.41) is 1.10. The van der Waals surface area contributed by atoms with Crippen molar-refractivity contribution in [3.05, 3.63) is 48.4 Å². The molecule has 0 aliphatic rings. The second-order valence-corrected chi connectivity index (χ2v) is 4.12. The number of thiazole rings is 1. The number of rotatable bonds is 1. The summed E-state index contributed by atoms with van der Waals surface area (Å²) in [4.78, 5) is 9.36. The van der Waals surface area contributed by atoms with Crippen LogP contribution in [0.25, 0.3) is 10.4 Å². The minimum absolute atomic E-state index is 1.10. The maximum atomic E-state index is 4.19. The van der Waals surface area contributed by atoms with Crippen molar-refractivity contribution in [3.63, 3.8) is 0 Å². The van der Waals surface area contributed by atoms with Crippen LogP contribution in [0.4, 0.5) is 0 Å². The summed E-state index contributed by atoms with van der Waals surface area (Å²) in [5.41, 5.74) is 1.19. The highest BCUT2D eigenvalue weighted by Crippen LogP contribution is 2.24. The number of aryl methyl sites for hydroxylation is 1. The Bertz CT molecular complexity index is 407. The first-order valence-electron chi connectivity index (χ1n) is 4.67. The Kier molecular flexibility index (Phi) is 4.71. The van der Waals surface area contributed by atoms with Crippen LogP contribution in [0.3, 0.4) is 0 Å². The van der Waals surface area contributed by atoms with Gasteiger partial charge in [-0.05, 0) is 31.5 Å². The number of hydrogen-bond acceptors (Lipinski definition) is 3. The number of hydrogen-bond donors (Lipinski definition) is 0. The van der Waals surface area contributed by atoms with E-state index in [1.807, 2.05) is 32.2 Å². The summed E-state index contributed by atoms with van der Waals surface area (Å²) >= 11 is 1.70. The molecule has 2 nitrogen and oxygen atoms in total. The molecule has 2 heterocycles. The minimum Gasteiger partial charge on any atom is -0.265 e. The normalized spacial score (nSPS) is 8.93. The molecule has 15 heavy (non-hydrogen) atoms. The second kappa shape index (κ2) is 6.09. The number of aromatic nitrogens is 2. The number of pyridine rings is 1. The standard InChI is InChI=1S/C9H8N2S.C3H6/c1-7-11-6-9(12-7)8-2-4-10-5-3-8;1-3-2/h2-6H,1H3;3H,1H2,2H3. The molecule has 0 fully saturated rings. The van der Waals surface area contributed by atoms with E-state index < -0.39 is 0 Å². The van der Waals surface area contributed by atoms with Crippen LogP contribution in [0.15, 0.2) is 43.4 Å². The van der Waals surface area contributed by atoms with Gasteiger partial charge in [-0.15, -0.1) is 17.9 Å². The quantitative estimate of drug-likeness (QED) is 0.682. The van der Waals surface area contributed by atoms with Crippen molar-refractivity contribution in [1.82, 2.24) is 9.97 Å². The molecule has 0 aliphatic carbocycles. The Balaban J connectivity index is 0.000000337. The molecular formula is C12H14N2S. The smallest absolute Gasteiger partial charge is 0.0900 e. The van der Waals surface area contributed by atoms with Gasteiger partial charge < -0.3 is 0 Å². The summed E-state index contributed by atoms with van der Waals surface area (Å²) in [6.07, 6.45) is 7.24. The number of allylic oxidation sites excluding steroid dienone is 1. The highest BCUT2D eigenvalue weighted by Gasteiger charge is 1.99. The monoisotopic (exact) mass is 218 g/mol. The summed E-state index contributed by atoms with van der Waals surface area (Å²) in [5.74, 6) is 0. The lowest BCUT2D eigenvalue weighted by Crippen LogP contribution is -1.71. The summed E-state index contributed by atoms with van der Waals surface area (Å²) in [6.45, 7) is 7.26. The lowest BCUT2D eigenvalue weighted by Gasteiger charge is -1.92. The Morgan fingerprint density at radius 1 is 1.33 bits per heavy atom. The van der Waals surface area contributed by atoms with Crippen LogP contribution in [0.5, 0.6) is 0 Å². The third-order valence-corrected chi connectivity index (χ3v) is 2.55. The predicted molar refractivity (Wildman–Crippen MR) is 66.0 cm³/mol. The van der Waals surface area contributed by atoms with E-state index >= 15 is 0 Å². The zero-order valence-electron chi connectivity index (χ0n) is 8.97. The van der Waals surface area contributed by atoms with Gasteiger partial charge in [0, 0.05) is 18.6 Å². The van der Waals surface area contributed by atoms with E-state index in [1.54, 1.807) is 29.8 Å². The minimum atomic E-state index is 1.10. The van der Waals surface area contributed by atoms with Crippen LogP contribution in [0, 0.1) is 6.92 Å². The van der Waals surface area contributed by atoms with Gasteiger partial charge in [0.15, 0.2) is 0 Å². The van der Waals surface area contributed by atoms with Crippen molar-refractivity contribution in [2.24, 2.45) is 0 Å². The van der Waals surface area contributed by atoms with E-state index in [4.69, 9.17) is 0 Å². The van der Waals surface area contributed by atoms with Gasteiger partial charge in [0.05, 0.1) is 9.88 Å². The van der Waals surface area contributed by atoms with Crippen molar-refractivity contribution in [2.45, 2.75) is 13.8 Å². The SMILES string of the molecule is C=CC.Cc1ncc(-c2ccncc2)s1. The van der Waals surface area contributed by atoms with Gasteiger partial charge in [0.1, 0.15) is 0 Å². The molecule has 0 saturated carbocycles. The van der Waals surface area contributed by atoms with Gasteiger partial charge in [-0.3, -0.25) is 4.98 Å². The van der Waals surface area contributed by atoms with Crippen LogP contribution in [-0.4, -0.2) is 9.97 Å². The van der Waals surface area contributed by atoms with E-state index in [0.29, 0.717) is 0 Å². The Labute approximate surface area is 94.3 Å². The average Bonchev–Trinajstić information content (AvgIpc) is 2.67. The second-order valence-electron chi connectivity index (χ2n) is 2.89. The van der Waals surface area contributed by atoms with Gasteiger partial charge in [0.2, 0.25) is 0 Å². The Morgan fingerprint density at radius 3 is 2.40 bits per heavy atom. The molecule has 0 aromatic carbocycles. The van der Waals surface area contributed by atoms with E-state index in [9.17, 15) is 0 Å². The molecular weight excluding hydrogens is 204 g/mol. The fraction of sp³-hybridized carbons (Fsp3) is 0.167. The van der Waals surface area contributed by atoms with Gasteiger partial charge in [-0.2, -0.15) is 0 Å². The van der Waals surface area contributed by atoms with Crippen molar-refractivity contribution in [1.29, 1.82) is 0 Å². The predicted octanol–water partition coefficient (Wildman–Crippen LogP) is 3.71. The molecule has 0 amide bonds. The van der Waals surface area contributed by atoms with E-state index in [-0.39, 0.29) is 0 Å².